The van der Waals surface area contributed by atoms with Crippen LogP contribution in [0.25, 0.3) is 0 Å². The van der Waals surface area contributed by atoms with Crippen LogP contribution < -0.4 is 5.32 Å². The summed E-state index contributed by atoms with van der Waals surface area (Å²) in [6, 6.07) is 8.12. The highest BCUT2D eigenvalue weighted by atomic mass is 35.5. The molecule has 0 saturated heterocycles. The van der Waals surface area contributed by atoms with E-state index in [-0.39, 0.29) is 5.41 Å². The molecule has 0 aliphatic rings. The van der Waals surface area contributed by atoms with Crippen LogP contribution in [0.1, 0.15) is 26.3 Å². The summed E-state index contributed by atoms with van der Waals surface area (Å²) < 4.78 is 0. The quantitative estimate of drug-likeness (QED) is 0.809. The second-order valence-electron chi connectivity index (χ2n) is 4.75. The molecule has 1 N–H and O–H groups in total. The molecule has 0 saturated carbocycles. The molecule has 0 aliphatic carbocycles. The summed E-state index contributed by atoms with van der Waals surface area (Å²) in [6.45, 7) is 8.75. The van der Waals surface area contributed by atoms with E-state index in [2.05, 4.69) is 38.2 Å². The van der Waals surface area contributed by atoms with E-state index in [0.29, 0.717) is 0 Å². The molecular weight excluding hydrogens is 206 g/mol. The van der Waals surface area contributed by atoms with Crippen molar-refractivity contribution in [3.8, 4) is 0 Å². The summed E-state index contributed by atoms with van der Waals surface area (Å²) in [5.41, 5.74) is 1.59. The van der Waals surface area contributed by atoms with Gasteiger partial charge < -0.3 is 5.32 Å². The van der Waals surface area contributed by atoms with Gasteiger partial charge in [0.1, 0.15) is 0 Å². The Kier molecular flexibility index (Phi) is 4.62. The fraction of sp³-hybridized carbons (Fsp3) is 0.538. The fourth-order valence-corrected chi connectivity index (χ4v) is 1.94. The highest BCUT2D eigenvalue weighted by Gasteiger charge is 2.17. The topological polar surface area (TPSA) is 12.0 Å². The van der Waals surface area contributed by atoms with Crippen LogP contribution in [0.15, 0.2) is 24.3 Å². The van der Waals surface area contributed by atoms with Crippen molar-refractivity contribution in [3.63, 3.8) is 0 Å². The SMILES string of the molecule is CCNCC(C)(C)Cc1cccc(Cl)c1. The van der Waals surface area contributed by atoms with Crippen molar-refractivity contribution in [2.24, 2.45) is 5.41 Å². The summed E-state index contributed by atoms with van der Waals surface area (Å²) in [4.78, 5) is 0. The first-order chi connectivity index (χ1) is 7.03. The smallest absolute Gasteiger partial charge is 0.0408 e. The molecule has 1 nitrogen and oxygen atoms in total. The Bertz CT molecular complexity index is 307. The van der Waals surface area contributed by atoms with Crippen LogP contribution in [-0.2, 0) is 6.42 Å². The first-order valence-corrected chi connectivity index (χ1v) is 5.86. The predicted molar refractivity (Wildman–Crippen MR) is 67.5 cm³/mol. The van der Waals surface area contributed by atoms with Crippen LogP contribution in [0.5, 0.6) is 0 Å². The van der Waals surface area contributed by atoms with Gasteiger partial charge in [0.15, 0.2) is 0 Å². The second-order valence-corrected chi connectivity index (χ2v) is 5.19. The molecule has 2 heteroatoms. The van der Waals surface area contributed by atoms with E-state index in [9.17, 15) is 0 Å². The minimum absolute atomic E-state index is 0.278. The maximum atomic E-state index is 5.96. The van der Waals surface area contributed by atoms with Gasteiger partial charge in [-0.05, 0) is 36.1 Å². The molecule has 84 valence electrons. The molecule has 0 radical (unpaired) electrons. The van der Waals surface area contributed by atoms with Crippen LogP contribution in [-0.4, -0.2) is 13.1 Å². The highest BCUT2D eigenvalue weighted by Crippen LogP contribution is 2.22. The van der Waals surface area contributed by atoms with E-state index < -0.39 is 0 Å². The Hall–Kier alpha value is -0.530. The van der Waals surface area contributed by atoms with Crippen molar-refractivity contribution in [1.29, 1.82) is 0 Å². The Labute approximate surface area is 97.8 Å². The molecule has 0 fully saturated rings. The van der Waals surface area contributed by atoms with Crippen LogP contribution in [0, 0.1) is 5.41 Å². The highest BCUT2D eigenvalue weighted by molar-refractivity contribution is 6.30. The van der Waals surface area contributed by atoms with E-state index in [1.807, 2.05) is 12.1 Å². The van der Waals surface area contributed by atoms with Gasteiger partial charge in [-0.3, -0.25) is 0 Å². The Morgan fingerprint density at radius 1 is 1.33 bits per heavy atom. The number of benzene rings is 1. The predicted octanol–water partition coefficient (Wildman–Crippen LogP) is 3.52. The van der Waals surface area contributed by atoms with E-state index in [1.165, 1.54) is 5.56 Å². The van der Waals surface area contributed by atoms with Gasteiger partial charge in [-0.2, -0.15) is 0 Å². The van der Waals surface area contributed by atoms with Crippen molar-refractivity contribution in [2.45, 2.75) is 27.2 Å². The standard InChI is InChI=1S/C13H20ClN/c1-4-15-10-13(2,3)9-11-6-5-7-12(14)8-11/h5-8,15H,4,9-10H2,1-3H3. The molecule has 0 bridgehead atoms. The van der Waals surface area contributed by atoms with Crippen LogP contribution in [0.2, 0.25) is 5.02 Å². The zero-order valence-corrected chi connectivity index (χ0v) is 10.6. The lowest BCUT2D eigenvalue weighted by Gasteiger charge is -2.25. The van der Waals surface area contributed by atoms with Gasteiger partial charge in [0.25, 0.3) is 0 Å². The van der Waals surface area contributed by atoms with Gasteiger partial charge in [-0.1, -0.05) is 44.5 Å². The van der Waals surface area contributed by atoms with E-state index in [0.717, 1.165) is 24.5 Å². The van der Waals surface area contributed by atoms with Crippen molar-refractivity contribution < 1.29 is 0 Å². The average molecular weight is 226 g/mol. The van der Waals surface area contributed by atoms with Gasteiger partial charge in [0.05, 0.1) is 0 Å². The van der Waals surface area contributed by atoms with Crippen LogP contribution >= 0.6 is 11.6 Å². The third-order valence-corrected chi connectivity index (χ3v) is 2.66. The molecule has 0 unspecified atom stereocenters. The van der Waals surface area contributed by atoms with Crippen molar-refractivity contribution in [2.75, 3.05) is 13.1 Å². The Balaban J connectivity index is 2.60. The molecule has 0 atom stereocenters. The maximum Gasteiger partial charge on any atom is 0.0408 e. The molecular formula is C13H20ClN. The molecule has 0 amide bonds. The fourth-order valence-electron chi connectivity index (χ4n) is 1.73. The first kappa shape index (κ1) is 12.5. The van der Waals surface area contributed by atoms with Crippen LogP contribution in [0.3, 0.4) is 0 Å². The van der Waals surface area contributed by atoms with E-state index >= 15 is 0 Å². The summed E-state index contributed by atoms with van der Waals surface area (Å²) in [7, 11) is 0. The molecule has 0 aromatic heterocycles. The minimum Gasteiger partial charge on any atom is -0.316 e. The number of hydrogen-bond acceptors (Lipinski definition) is 1. The lowest BCUT2D eigenvalue weighted by molar-refractivity contribution is 0.342. The molecule has 0 heterocycles. The van der Waals surface area contributed by atoms with Gasteiger partial charge in [-0.25, -0.2) is 0 Å². The van der Waals surface area contributed by atoms with E-state index in [4.69, 9.17) is 11.6 Å². The Morgan fingerprint density at radius 3 is 2.67 bits per heavy atom. The first-order valence-electron chi connectivity index (χ1n) is 5.49. The zero-order chi connectivity index (χ0) is 11.3. The summed E-state index contributed by atoms with van der Waals surface area (Å²) in [5.74, 6) is 0. The molecule has 1 aromatic carbocycles. The zero-order valence-electron chi connectivity index (χ0n) is 9.81. The maximum absolute atomic E-state index is 5.96. The molecule has 1 rings (SSSR count). The minimum atomic E-state index is 0.278. The Morgan fingerprint density at radius 2 is 2.07 bits per heavy atom. The van der Waals surface area contributed by atoms with Gasteiger partial charge >= 0.3 is 0 Å². The molecule has 0 spiro atoms. The average Bonchev–Trinajstić information content (AvgIpc) is 2.14. The van der Waals surface area contributed by atoms with Crippen molar-refractivity contribution >= 4 is 11.6 Å². The third kappa shape index (κ3) is 4.67. The van der Waals surface area contributed by atoms with Gasteiger partial charge in [-0.15, -0.1) is 0 Å². The second kappa shape index (κ2) is 5.53. The van der Waals surface area contributed by atoms with Crippen molar-refractivity contribution in [3.05, 3.63) is 34.9 Å². The van der Waals surface area contributed by atoms with Crippen LogP contribution in [0.4, 0.5) is 0 Å². The lowest BCUT2D eigenvalue weighted by Crippen LogP contribution is -2.30. The van der Waals surface area contributed by atoms with Gasteiger partial charge in [0, 0.05) is 11.6 Å². The number of hydrogen-bond donors (Lipinski definition) is 1. The molecule has 0 aliphatic heterocycles. The largest absolute Gasteiger partial charge is 0.316 e. The number of nitrogens with one attached hydrogen (secondary N) is 1. The third-order valence-electron chi connectivity index (χ3n) is 2.43. The van der Waals surface area contributed by atoms with Gasteiger partial charge in [0.2, 0.25) is 0 Å². The number of halogens is 1. The van der Waals surface area contributed by atoms with E-state index in [1.54, 1.807) is 0 Å². The molecule has 15 heavy (non-hydrogen) atoms. The summed E-state index contributed by atoms with van der Waals surface area (Å²) in [5, 5.41) is 4.22. The molecule has 1 aromatic rings. The summed E-state index contributed by atoms with van der Waals surface area (Å²) >= 11 is 5.96. The normalized spacial score (nSPS) is 11.7. The lowest BCUT2D eigenvalue weighted by atomic mass is 9.86. The number of rotatable bonds is 5. The van der Waals surface area contributed by atoms with Crippen molar-refractivity contribution in [1.82, 2.24) is 5.32 Å². The summed E-state index contributed by atoms with van der Waals surface area (Å²) in [6.07, 6.45) is 1.06. The monoisotopic (exact) mass is 225 g/mol.